The minimum Gasteiger partial charge on any atom is -0.478 e. The van der Waals surface area contributed by atoms with Crippen molar-refractivity contribution in [2.45, 2.75) is 6.54 Å². The number of aromatic nitrogens is 1. The van der Waals surface area contributed by atoms with E-state index in [0.717, 1.165) is 4.57 Å². The molecule has 0 aliphatic rings. The smallest absolute Gasteiger partial charge is 0.420 e. The van der Waals surface area contributed by atoms with Crippen LogP contribution in [0.25, 0.3) is 11.1 Å². The van der Waals surface area contributed by atoms with Crippen molar-refractivity contribution < 1.29 is 19.1 Å². The number of aromatic carboxylic acids is 1. The fourth-order valence-corrected chi connectivity index (χ4v) is 1.50. The summed E-state index contributed by atoms with van der Waals surface area (Å²) in [6.45, 7) is -0.307. The number of hydrogen-bond donors (Lipinski definition) is 2. The lowest BCUT2D eigenvalue weighted by Crippen LogP contribution is -2.24. The van der Waals surface area contributed by atoms with Gasteiger partial charge < -0.3 is 15.3 Å². The van der Waals surface area contributed by atoms with E-state index in [-0.39, 0.29) is 17.7 Å². The van der Waals surface area contributed by atoms with Crippen LogP contribution in [0.4, 0.5) is 0 Å². The maximum Gasteiger partial charge on any atom is 0.420 e. The summed E-state index contributed by atoms with van der Waals surface area (Å²) < 4.78 is 5.87. The Balaban J connectivity index is 2.64. The van der Waals surface area contributed by atoms with Gasteiger partial charge >= 0.3 is 11.7 Å². The van der Waals surface area contributed by atoms with Crippen molar-refractivity contribution in [1.29, 1.82) is 0 Å². The summed E-state index contributed by atoms with van der Waals surface area (Å²) in [5.41, 5.74) is 5.42. The van der Waals surface area contributed by atoms with Crippen molar-refractivity contribution in [3.05, 3.63) is 34.3 Å². The molecule has 1 heterocycles. The third-order valence-corrected chi connectivity index (χ3v) is 2.23. The number of oxazole rings is 1. The highest BCUT2D eigenvalue weighted by Gasteiger charge is 2.13. The van der Waals surface area contributed by atoms with Crippen LogP contribution >= 0.6 is 0 Å². The number of fused-ring (bicyclic) bond motifs is 1. The van der Waals surface area contributed by atoms with E-state index in [2.05, 4.69) is 0 Å². The molecule has 1 amide bonds. The molecule has 7 heteroatoms. The number of amides is 1. The third-order valence-electron chi connectivity index (χ3n) is 2.23. The molecular formula is C10H8N2O5. The maximum absolute atomic E-state index is 11.4. The van der Waals surface area contributed by atoms with Crippen molar-refractivity contribution in [1.82, 2.24) is 4.57 Å². The Kier molecular flexibility index (Phi) is 2.43. The van der Waals surface area contributed by atoms with Gasteiger partial charge in [-0.2, -0.15) is 0 Å². The number of hydrogen-bond acceptors (Lipinski definition) is 4. The van der Waals surface area contributed by atoms with Crippen LogP contribution in [0.15, 0.2) is 27.4 Å². The van der Waals surface area contributed by atoms with Gasteiger partial charge in [0.2, 0.25) is 5.91 Å². The quantitative estimate of drug-likeness (QED) is 0.764. The molecule has 0 radical (unpaired) electrons. The molecule has 3 N–H and O–H groups in total. The molecule has 7 nitrogen and oxygen atoms in total. The number of carbonyl (C=O) groups excluding carboxylic acids is 1. The highest BCUT2D eigenvalue weighted by Crippen LogP contribution is 2.15. The number of carboxylic acids is 1. The first kappa shape index (κ1) is 10.9. The standard InChI is InChI=1S/C10H8N2O5/c11-8(13)4-12-6-2-1-5(9(14)15)3-7(6)17-10(12)16/h1-3H,4H2,(H2,11,13)(H,14,15). The second-order valence-corrected chi connectivity index (χ2v) is 3.41. The summed E-state index contributed by atoms with van der Waals surface area (Å²) in [6, 6.07) is 3.93. The van der Waals surface area contributed by atoms with Gasteiger partial charge in [-0.05, 0) is 18.2 Å². The molecule has 0 aliphatic carbocycles. The lowest BCUT2D eigenvalue weighted by Gasteiger charge is -1.98. The molecule has 0 bridgehead atoms. The van der Waals surface area contributed by atoms with Gasteiger partial charge in [-0.15, -0.1) is 0 Å². The first-order valence-corrected chi connectivity index (χ1v) is 4.64. The summed E-state index contributed by atoms with van der Waals surface area (Å²) in [5.74, 6) is -2.56. The number of benzene rings is 1. The van der Waals surface area contributed by atoms with E-state index in [1.54, 1.807) is 0 Å². The summed E-state index contributed by atoms with van der Waals surface area (Å²) in [5, 5.41) is 8.77. The third kappa shape index (κ3) is 1.89. The summed E-state index contributed by atoms with van der Waals surface area (Å²) in [7, 11) is 0. The highest BCUT2D eigenvalue weighted by atomic mass is 16.4. The Morgan fingerprint density at radius 3 is 2.71 bits per heavy atom. The molecule has 2 aromatic rings. The van der Waals surface area contributed by atoms with E-state index in [4.69, 9.17) is 15.3 Å². The van der Waals surface area contributed by atoms with Gasteiger partial charge in [-0.3, -0.25) is 9.36 Å². The van der Waals surface area contributed by atoms with E-state index in [1.807, 2.05) is 0 Å². The van der Waals surface area contributed by atoms with Crippen molar-refractivity contribution >= 4 is 23.0 Å². The van der Waals surface area contributed by atoms with Gasteiger partial charge in [0.15, 0.2) is 5.58 Å². The van der Waals surface area contributed by atoms with Crippen LogP contribution in [0.2, 0.25) is 0 Å². The molecule has 0 unspecified atom stereocenters. The predicted molar refractivity (Wildman–Crippen MR) is 56.6 cm³/mol. The topological polar surface area (TPSA) is 116 Å². The minimum atomic E-state index is -1.13. The van der Waals surface area contributed by atoms with Crippen LogP contribution in [0.1, 0.15) is 10.4 Å². The number of rotatable bonds is 3. The van der Waals surface area contributed by atoms with Crippen LogP contribution in [-0.4, -0.2) is 21.6 Å². The second kappa shape index (κ2) is 3.78. The highest BCUT2D eigenvalue weighted by molar-refractivity contribution is 5.92. The molecule has 17 heavy (non-hydrogen) atoms. The van der Waals surface area contributed by atoms with Crippen LogP contribution in [0.3, 0.4) is 0 Å². The zero-order valence-corrected chi connectivity index (χ0v) is 8.54. The Morgan fingerprint density at radius 1 is 1.41 bits per heavy atom. The Morgan fingerprint density at radius 2 is 2.12 bits per heavy atom. The molecule has 2 rings (SSSR count). The van der Waals surface area contributed by atoms with Crippen LogP contribution in [0.5, 0.6) is 0 Å². The van der Waals surface area contributed by atoms with Crippen molar-refractivity contribution in [3.8, 4) is 0 Å². The first-order valence-electron chi connectivity index (χ1n) is 4.64. The fourth-order valence-electron chi connectivity index (χ4n) is 1.50. The average Bonchev–Trinajstić information content (AvgIpc) is 2.54. The van der Waals surface area contributed by atoms with Gasteiger partial charge in [-0.1, -0.05) is 0 Å². The lowest BCUT2D eigenvalue weighted by molar-refractivity contribution is -0.118. The fraction of sp³-hybridized carbons (Fsp3) is 0.100. The summed E-state index contributed by atoms with van der Waals surface area (Å²) in [6.07, 6.45) is 0. The molecule has 88 valence electrons. The van der Waals surface area contributed by atoms with Gasteiger partial charge in [0.1, 0.15) is 6.54 Å². The van der Waals surface area contributed by atoms with Crippen molar-refractivity contribution in [2.75, 3.05) is 0 Å². The van der Waals surface area contributed by atoms with Gasteiger partial charge in [-0.25, -0.2) is 9.59 Å². The number of primary amides is 1. The van der Waals surface area contributed by atoms with Crippen LogP contribution in [0, 0.1) is 0 Å². The largest absolute Gasteiger partial charge is 0.478 e. The molecule has 0 aliphatic heterocycles. The summed E-state index contributed by atoms with van der Waals surface area (Å²) >= 11 is 0. The van der Waals surface area contributed by atoms with Crippen LogP contribution in [-0.2, 0) is 11.3 Å². The molecule has 1 aromatic heterocycles. The monoisotopic (exact) mass is 236 g/mol. The van der Waals surface area contributed by atoms with E-state index in [0.29, 0.717) is 5.52 Å². The average molecular weight is 236 g/mol. The second-order valence-electron chi connectivity index (χ2n) is 3.41. The summed E-state index contributed by atoms with van der Waals surface area (Å²) in [4.78, 5) is 32.9. The number of carbonyl (C=O) groups is 2. The normalized spacial score (nSPS) is 10.6. The number of nitrogens with zero attached hydrogens (tertiary/aromatic N) is 1. The van der Waals surface area contributed by atoms with Crippen molar-refractivity contribution in [3.63, 3.8) is 0 Å². The Labute approximate surface area is 94.1 Å². The number of nitrogens with two attached hydrogens (primary N) is 1. The molecule has 0 saturated heterocycles. The molecule has 0 fully saturated rings. The zero-order valence-electron chi connectivity index (χ0n) is 8.54. The number of carboxylic acid groups (broad SMARTS) is 1. The van der Waals surface area contributed by atoms with E-state index >= 15 is 0 Å². The van der Waals surface area contributed by atoms with E-state index in [1.165, 1.54) is 18.2 Å². The Hall–Kier alpha value is -2.57. The van der Waals surface area contributed by atoms with Crippen molar-refractivity contribution in [2.24, 2.45) is 5.73 Å². The minimum absolute atomic E-state index is 0.00234. The van der Waals surface area contributed by atoms with Gasteiger partial charge in [0.25, 0.3) is 0 Å². The van der Waals surface area contributed by atoms with Gasteiger partial charge in [0, 0.05) is 0 Å². The first-order chi connectivity index (χ1) is 7.99. The molecule has 1 aromatic carbocycles. The molecule has 0 saturated carbocycles. The lowest BCUT2D eigenvalue weighted by atomic mass is 10.2. The SMILES string of the molecule is NC(=O)Cn1c(=O)oc2cc(C(=O)O)ccc21. The zero-order chi connectivity index (χ0) is 12.6. The molecule has 0 atom stereocenters. The Bertz CT molecular complexity index is 667. The van der Waals surface area contributed by atoms with E-state index < -0.39 is 17.6 Å². The predicted octanol–water partition coefficient (Wildman–Crippen LogP) is -0.222. The van der Waals surface area contributed by atoms with E-state index in [9.17, 15) is 14.4 Å². The van der Waals surface area contributed by atoms with Gasteiger partial charge in [0.05, 0.1) is 11.1 Å². The molecule has 0 spiro atoms. The molecular weight excluding hydrogens is 228 g/mol. The van der Waals surface area contributed by atoms with Crippen LogP contribution < -0.4 is 11.5 Å². The maximum atomic E-state index is 11.4.